The van der Waals surface area contributed by atoms with Gasteiger partial charge in [-0.3, -0.25) is 4.90 Å². The molecule has 2 N–H and O–H groups in total. The zero-order valence-electron chi connectivity index (χ0n) is 11.6. The van der Waals surface area contributed by atoms with Crippen molar-refractivity contribution in [2.45, 2.75) is 38.8 Å². The lowest BCUT2D eigenvalue weighted by molar-refractivity contribution is 0.149. The highest BCUT2D eigenvalue weighted by atomic mass is 19.2. The highest BCUT2D eigenvalue weighted by molar-refractivity contribution is 5.22. The maximum Gasteiger partial charge on any atom is 0.159 e. The molecule has 1 aromatic rings. The van der Waals surface area contributed by atoms with E-state index in [4.69, 9.17) is 5.73 Å². The predicted molar refractivity (Wildman–Crippen MR) is 72.7 cm³/mol. The molecule has 1 fully saturated rings. The number of halogens is 2. The molecule has 0 heterocycles. The molecular formula is C15H22F2N2. The van der Waals surface area contributed by atoms with Crippen molar-refractivity contribution in [1.82, 2.24) is 4.90 Å². The van der Waals surface area contributed by atoms with Crippen LogP contribution < -0.4 is 5.73 Å². The third-order valence-corrected chi connectivity index (χ3v) is 3.78. The summed E-state index contributed by atoms with van der Waals surface area (Å²) in [7, 11) is 0. The van der Waals surface area contributed by atoms with Crippen LogP contribution in [0.15, 0.2) is 18.2 Å². The molecule has 19 heavy (non-hydrogen) atoms. The first kappa shape index (κ1) is 14.4. The Morgan fingerprint density at radius 2 is 1.95 bits per heavy atom. The van der Waals surface area contributed by atoms with Gasteiger partial charge in [0, 0.05) is 25.2 Å². The fraction of sp³-hybridized carbons (Fsp3) is 0.600. The molecule has 0 bridgehead atoms. The summed E-state index contributed by atoms with van der Waals surface area (Å²) in [6, 6.07) is 4.38. The van der Waals surface area contributed by atoms with E-state index in [1.54, 1.807) is 6.07 Å². The number of hydrogen-bond donors (Lipinski definition) is 1. The van der Waals surface area contributed by atoms with Crippen LogP contribution in [0, 0.1) is 17.6 Å². The molecule has 0 radical (unpaired) electrons. The average molecular weight is 268 g/mol. The Bertz CT molecular complexity index is 430. The van der Waals surface area contributed by atoms with E-state index >= 15 is 0 Å². The minimum atomic E-state index is -0.808. The van der Waals surface area contributed by atoms with Crippen LogP contribution in [0.4, 0.5) is 8.78 Å². The normalized spacial score (nSPS) is 17.2. The highest BCUT2D eigenvalue weighted by Crippen LogP contribution is 2.33. The van der Waals surface area contributed by atoms with Crippen molar-refractivity contribution >= 4 is 0 Å². The largest absolute Gasteiger partial charge is 0.329 e. The summed E-state index contributed by atoms with van der Waals surface area (Å²) in [6.07, 6.45) is 2.52. The van der Waals surface area contributed by atoms with E-state index in [0.717, 1.165) is 18.0 Å². The van der Waals surface area contributed by atoms with Gasteiger partial charge in [-0.1, -0.05) is 6.07 Å². The first-order valence-electron chi connectivity index (χ1n) is 6.93. The van der Waals surface area contributed by atoms with Crippen molar-refractivity contribution in [3.05, 3.63) is 35.4 Å². The van der Waals surface area contributed by atoms with Gasteiger partial charge in [-0.2, -0.15) is 0 Å². The van der Waals surface area contributed by atoms with Crippen molar-refractivity contribution in [1.29, 1.82) is 0 Å². The summed E-state index contributed by atoms with van der Waals surface area (Å²) >= 11 is 0. The van der Waals surface area contributed by atoms with Gasteiger partial charge < -0.3 is 5.73 Å². The Hall–Kier alpha value is -1.00. The van der Waals surface area contributed by atoms with E-state index in [9.17, 15) is 8.78 Å². The van der Waals surface area contributed by atoms with Gasteiger partial charge in [-0.25, -0.2) is 8.78 Å². The van der Waals surface area contributed by atoms with Crippen molar-refractivity contribution in [2.24, 2.45) is 11.7 Å². The van der Waals surface area contributed by atoms with E-state index in [1.807, 2.05) is 0 Å². The fourth-order valence-corrected chi connectivity index (χ4v) is 2.48. The van der Waals surface area contributed by atoms with E-state index < -0.39 is 11.6 Å². The molecular weight excluding hydrogens is 246 g/mol. The third-order valence-electron chi connectivity index (χ3n) is 3.78. The molecule has 2 rings (SSSR count). The fourth-order valence-electron chi connectivity index (χ4n) is 2.48. The topological polar surface area (TPSA) is 29.3 Å². The zero-order chi connectivity index (χ0) is 14.0. The molecule has 4 heteroatoms. The quantitative estimate of drug-likeness (QED) is 0.859. The number of nitrogens with zero attached hydrogens (tertiary/aromatic N) is 1. The smallest absolute Gasteiger partial charge is 0.159 e. The Balaban J connectivity index is 2.21. The van der Waals surface area contributed by atoms with Gasteiger partial charge in [0.15, 0.2) is 11.6 Å². The number of benzene rings is 1. The second kappa shape index (κ2) is 5.97. The van der Waals surface area contributed by atoms with Gasteiger partial charge in [0.1, 0.15) is 0 Å². The van der Waals surface area contributed by atoms with Crippen LogP contribution in [0.3, 0.4) is 0 Å². The molecule has 2 nitrogen and oxygen atoms in total. The number of nitrogens with two attached hydrogens (primary N) is 1. The van der Waals surface area contributed by atoms with Crippen LogP contribution in [0.2, 0.25) is 0 Å². The number of hydrogen-bond acceptors (Lipinski definition) is 2. The summed E-state index contributed by atoms with van der Waals surface area (Å²) in [6.45, 7) is 5.63. The predicted octanol–water partition coefficient (Wildman–Crippen LogP) is 3.09. The molecule has 0 aromatic heterocycles. The Labute approximate surface area is 113 Å². The maximum absolute atomic E-state index is 13.4. The second-order valence-corrected chi connectivity index (χ2v) is 5.66. The molecule has 0 saturated heterocycles. The SMILES string of the molecule is CC(C)N(CC1CC1)C(CN)c1ccc(F)c(F)c1. The minimum Gasteiger partial charge on any atom is -0.329 e. The van der Waals surface area contributed by atoms with Crippen molar-refractivity contribution in [3.8, 4) is 0 Å². The molecule has 1 saturated carbocycles. The van der Waals surface area contributed by atoms with Gasteiger partial charge in [-0.15, -0.1) is 0 Å². The van der Waals surface area contributed by atoms with E-state index in [0.29, 0.717) is 12.6 Å². The number of rotatable bonds is 6. The molecule has 1 aromatic carbocycles. The summed E-state index contributed by atoms with van der Waals surface area (Å²) in [4.78, 5) is 2.30. The molecule has 1 aliphatic carbocycles. The van der Waals surface area contributed by atoms with E-state index in [-0.39, 0.29) is 6.04 Å². The van der Waals surface area contributed by atoms with Crippen LogP contribution in [-0.4, -0.2) is 24.0 Å². The third kappa shape index (κ3) is 3.51. The van der Waals surface area contributed by atoms with Crippen LogP contribution in [0.1, 0.15) is 38.3 Å². The minimum absolute atomic E-state index is 0.0456. The van der Waals surface area contributed by atoms with E-state index in [2.05, 4.69) is 18.7 Å². The molecule has 1 unspecified atom stereocenters. The molecule has 1 atom stereocenters. The van der Waals surface area contributed by atoms with Crippen LogP contribution in [0.5, 0.6) is 0 Å². The summed E-state index contributed by atoms with van der Waals surface area (Å²) in [5.74, 6) is -0.870. The van der Waals surface area contributed by atoms with Gasteiger partial charge in [0.25, 0.3) is 0 Å². The molecule has 0 spiro atoms. The Morgan fingerprint density at radius 1 is 1.26 bits per heavy atom. The molecule has 0 amide bonds. The van der Waals surface area contributed by atoms with Crippen LogP contribution in [-0.2, 0) is 0 Å². The van der Waals surface area contributed by atoms with Crippen molar-refractivity contribution in [2.75, 3.05) is 13.1 Å². The molecule has 106 valence electrons. The van der Waals surface area contributed by atoms with Gasteiger partial charge in [0.2, 0.25) is 0 Å². The lowest BCUT2D eigenvalue weighted by Gasteiger charge is -2.34. The Kier molecular flexibility index (Phi) is 4.53. The lowest BCUT2D eigenvalue weighted by atomic mass is 10.0. The molecule has 1 aliphatic rings. The van der Waals surface area contributed by atoms with Gasteiger partial charge in [-0.05, 0) is 50.3 Å². The van der Waals surface area contributed by atoms with Crippen molar-refractivity contribution < 1.29 is 8.78 Å². The lowest BCUT2D eigenvalue weighted by Crippen LogP contribution is -2.40. The monoisotopic (exact) mass is 268 g/mol. The second-order valence-electron chi connectivity index (χ2n) is 5.66. The average Bonchev–Trinajstić information content (AvgIpc) is 3.17. The first-order chi connectivity index (χ1) is 9.02. The maximum atomic E-state index is 13.4. The Morgan fingerprint density at radius 3 is 2.42 bits per heavy atom. The summed E-state index contributed by atoms with van der Waals surface area (Å²) in [5, 5.41) is 0. The summed E-state index contributed by atoms with van der Waals surface area (Å²) in [5.41, 5.74) is 6.63. The van der Waals surface area contributed by atoms with Crippen LogP contribution in [0.25, 0.3) is 0 Å². The first-order valence-corrected chi connectivity index (χ1v) is 6.93. The van der Waals surface area contributed by atoms with Crippen molar-refractivity contribution in [3.63, 3.8) is 0 Å². The zero-order valence-corrected chi connectivity index (χ0v) is 11.6. The summed E-state index contributed by atoms with van der Waals surface area (Å²) < 4.78 is 26.4. The van der Waals surface area contributed by atoms with E-state index in [1.165, 1.54) is 25.0 Å². The van der Waals surface area contributed by atoms with Crippen LogP contribution >= 0.6 is 0 Å². The standard InChI is InChI=1S/C15H22F2N2/c1-10(2)19(9-11-3-4-11)15(8-18)12-5-6-13(16)14(17)7-12/h5-7,10-11,15H,3-4,8-9,18H2,1-2H3. The highest BCUT2D eigenvalue weighted by Gasteiger charge is 2.30. The van der Waals surface area contributed by atoms with Gasteiger partial charge >= 0.3 is 0 Å². The molecule has 0 aliphatic heterocycles. The van der Waals surface area contributed by atoms with Gasteiger partial charge in [0.05, 0.1) is 0 Å².